The van der Waals surface area contributed by atoms with Gasteiger partial charge in [-0.3, -0.25) is 0 Å². The summed E-state index contributed by atoms with van der Waals surface area (Å²) in [5.74, 6) is 2.64. The Bertz CT molecular complexity index is 871. The van der Waals surface area contributed by atoms with E-state index in [1.54, 1.807) is 7.11 Å². The van der Waals surface area contributed by atoms with Crippen molar-refractivity contribution in [3.63, 3.8) is 0 Å². The van der Waals surface area contributed by atoms with E-state index in [9.17, 15) is 0 Å². The first-order chi connectivity index (χ1) is 12.8. The van der Waals surface area contributed by atoms with Crippen LogP contribution in [0, 0.1) is 0 Å². The van der Waals surface area contributed by atoms with Crippen LogP contribution < -0.4 is 14.2 Å². The molecule has 2 heterocycles. The molecule has 0 amide bonds. The molecule has 26 heavy (non-hydrogen) atoms. The van der Waals surface area contributed by atoms with E-state index >= 15 is 0 Å². The molecule has 0 spiro atoms. The Hall–Kier alpha value is -2.62. The van der Waals surface area contributed by atoms with Crippen LogP contribution in [0.4, 0.5) is 0 Å². The standard InChI is InChI=1S/C22H25NO3/c1-24-17-11-12-20-19(13-17)16(14-23-20)7-3-2-4-8-18-15-25-21-9-5-6-10-22(21)26-18/h5-6,9-14,18,23H,2-4,7-8,15H2,1H3. The van der Waals surface area contributed by atoms with Gasteiger partial charge in [-0.25, -0.2) is 0 Å². The molecule has 4 rings (SSSR count). The lowest BCUT2D eigenvalue weighted by Gasteiger charge is -2.26. The first-order valence-corrected chi connectivity index (χ1v) is 9.36. The van der Waals surface area contributed by atoms with E-state index in [4.69, 9.17) is 14.2 Å². The molecule has 0 aliphatic carbocycles. The Morgan fingerprint density at radius 1 is 1.08 bits per heavy atom. The summed E-state index contributed by atoms with van der Waals surface area (Å²) in [7, 11) is 1.71. The maximum atomic E-state index is 6.02. The van der Waals surface area contributed by atoms with Crippen molar-refractivity contribution in [2.75, 3.05) is 13.7 Å². The van der Waals surface area contributed by atoms with Gasteiger partial charge in [0.05, 0.1) is 7.11 Å². The molecular formula is C22H25NO3. The molecule has 0 saturated carbocycles. The number of ether oxygens (including phenoxy) is 3. The summed E-state index contributed by atoms with van der Waals surface area (Å²) in [6.45, 7) is 0.652. The van der Waals surface area contributed by atoms with E-state index in [0.717, 1.165) is 36.5 Å². The summed E-state index contributed by atoms with van der Waals surface area (Å²) < 4.78 is 17.1. The molecule has 0 fully saturated rings. The van der Waals surface area contributed by atoms with Crippen molar-refractivity contribution < 1.29 is 14.2 Å². The quantitative estimate of drug-likeness (QED) is 0.601. The average molecular weight is 351 g/mol. The largest absolute Gasteiger partial charge is 0.497 e. The Morgan fingerprint density at radius 2 is 1.96 bits per heavy atom. The van der Waals surface area contributed by atoms with Crippen molar-refractivity contribution in [1.29, 1.82) is 0 Å². The van der Waals surface area contributed by atoms with Gasteiger partial charge in [0, 0.05) is 17.1 Å². The number of hydrogen-bond donors (Lipinski definition) is 1. The minimum absolute atomic E-state index is 0.169. The lowest BCUT2D eigenvalue weighted by Crippen LogP contribution is -2.28. The molecule has 3 aromatic rings. The van der Waals surface area contributed by atoms with E-state index in [1.165, 1.54) is 29.3 Å². The van der Waals surface area contributed by atoms with Crippen LogP contribution in [0.1, 0.15) is 31.2 Å². The van der Waals surface area contributed by atoms with E-state index in [0.29, 0.717) is 6.61 Å². The molecule has 136 valence electrons. The second kappa shape index (κ2) is 7.73. The second-order valence-electron chi connectivity index (χ2n) is 6.82. The van der Waals surface area contributed by atoms with Crippen LogP contribution in [0.2, 0.25) is 0 Å². The van der Waals surface area contributed by atoms with E-state index in [2.05, 4.69) is 23.3 Å². The zero-order chi connectivity index (χ0) is 17.8. The Labute approximate surface area is 154 Å². The zero-order valence-corrected chi connectivity index (χ0v) is 15.2. The SMILES string of the molecule is COc1ccc2[nH]cc(CCCCCC3COc4ccccc4O3)c2c1. The van der Waals surface area contributed by atoms with Crippen LogP contribution in [-0.4, -0.2) is 24.8 Å². The monoisotopic (exact) mass is 351 g/mol. The van der Waals surface area contributed by atoms with Crippen molar-refractivity contribution in [1.82, 2.24) is 4.98 Å². The number of aryl methyl sites for hydroxylation is 1. The van der Waals surface area contributed by atoms with Gasteiger partial charge in [-0.1, -0.05) is 18.6 Å². The third-order valence-corrected chi connectivity index (χ3v) is 5.01. The zero-order valence-electron chi connectivity index (χ0n) is 15.2. The van der Waals surface area contributed by atoms with Gasteiger partial charge in [-0.15, -0.1) is 0 Å². The van der Waals surface area contributed by atoms with Gasteiger partial charge in [0.15, 0.2) is 11.5 Å². The molecule has 0 radical (unpaired) electrons. The highest BCUT2D eigenvalue weighted by Gasteiger charge is 2.19. The van der Waals surface area contributed by atoms with E-state index < -0.39 is 0 Å². The Kier molecular flexibility index (Phi) is 5.00. The van der Waals surface area contributed by atoms with Crippen LogP contribution in [0.5, 0.6) is 17.2 Å². The molecule has 1 aliphatic heterocycles. The fourth-order valence-electron chi connectivity index (χ4n) is 3.56. The van der Waals surface area contributed by atoms with Crippen molar-refractivity contribution in [2.24, 2.45) is 0 Å². The minimum atomic E-state index is 0.169. The van der Waals surface area contributed by atoms with E-state index in [1.807, 2.05) is 30.3 Å². The van der Waals surface area contributed by atoms with Crippen LogP contribution in [0.25, 0.3) is 10.9 Å². The molecule has 2 aromatic carbocycles. The topological polar surface area (TPSA) is 43.5 Å². The van der Waals surface area contributed by atoms with Gasteiger partial charge < -0.3 is 19.2 Å². The van der Waals surface area contributed by atoms with E-state index in [-0.39, 0.29) is 6.10 Å². The van der Waals surface area contributed by atoms with Crippen molar-refractivity contribution in [2.45, 2.75) is 38.2 Å². The third-order valence-electron chi connectivity index (χ3n) is 5.01. The summed E-state index contributed by atoms with van der Waals surface area (Å²) >= 11 is 0. The summed E-state index contributed by atoms with van der Waals surface area (Å²) in [5, 5.41) is 1.27. The number of rotatable bonds is 7. The lowest BCUT2D eigenvalue weighted by atomic mass is 10.0. The van der Waals surface area contributed by atoms with Gasteiger partial charge in [0.2, 0.25) is 0 Å². The summed E-state index contributed by atoms with van der Waals surface area (Å²) in [6, 6.07) is 14.1. The van der Waals surface area contributed by atoms with Gasteiger partial charge >= 0.3 is 0 Å². The average Bonchev–Trinajstić information content (AvgIpc) is 3.09. The van der Waals surface area contributed by atoms with Crippen LogP contribution in [-0.2, 0) is 6.42 Å². The number of H-pyrrole nitrogens is 1. The number of methoxy groups -OCH3 is 1. The normalized spacial score (nSPS) is 16.0. The van der Waals surface area contributed by atoms with Crippen LogP contribution in [0.3, 0.4) is 0 Å². The Balaban J connectivity index is 1.24. The molecule has 1 aliphatic rings. The number of para-hydroxylation sites is 2. The fourth-order valence-corrected chi connectivity index (χ4v) is 3.56. The molecular weight excluding hydrogens is 326 g/mol. The number of aromatic nitrogens is 1. The number of aromatic amines is 1. The Morgan fingerprint density at radius 3 is 2.85 bits per heavy atom. The third kappa shape index (κ3) is 3.64. The molecule has 1 N–H and O–H groups in total. The minimum Gasteiger partial charge on any atom is -0.497 e. The summed E-state index contributed by atoms with van der Waals surface area (Å²) in [4.78, 5) is 3.35. The highest BCUT2D eigenvalue weighted by molar-refractivity contribution is 5.84. The fraction of sp³-hybridized carbons (Fsp3) is 0.364. The second-order valence-corrected chi connectivity index (χ2v) is 6.82. The van der Waals surface area contributed by atoms with Crippen molar-refractivity contribution in [3.8, 4) is 17.2 Å². The number of fused-ring (bicyclic) bond motifs is 2. The van der Waals surface area contributed by atoms with Gasteiger partial charge in [-0.2, -0.15) is 0 Å². The van der Waals surface area contributed by atoms with Gasteiger partial charge in [-0.05, 0) is 61.6 Å². The number of nitrogens with one attached hydrogen (secondary N) is 1. The number of benzene rings is 2. The maximum Gasteiger partial charge on any atom is 0.161 e. The molecule has 4 heteroatoms. The van der Waals surface area contributed by atoms with Crippen molar-refractivity contribution in [3.05, 3.63) is 54.2 Å². The predicted molar refractivity (Wildman–Crippen MR) is 103 cm³/mol. The molecule has 4 nitrogen and oxygen atoms in total. The molecule has 1 aromatic heterocycles. The predicted octanol–water partition coefficient (Wildman–Crippen LogP) is 5.12. The van der Waals surface area contributed by atoms with Crippen LogP contribution in [0.15, 0.2) is 48.7 Å². The molecule has 0 bridgehead atoms. The summed E-state index contributed by atoms with van der Waals surface area (Å²) in [6.07, 6.45) is 7.93. The highest BCUT2D eigenvalue weighted by Crippen LogP contribution is 2.32. The molecule has 1 unspecified atom stereocenters. The van der Waals surface area contributed by atoms with Gasteiger partial charge in [0.25, 0.3) is 0 Å². The van der Waals surface area contributed by atoms with Crippen LogP contribution >= 0.6 is 0 Å². The smallest absolute Gasteiger partial charge is 0.161 e. The first-order valence-electron chi connectivity index (χ1n) is 9.36. The summed E-state index contributed by atoms with van der Waals surface area (Å²) in [5.41, 5.74) is 2.54. The molecule has 0 saturated heterocycles. The number of hydrogen-bond acceptors (Lipinski definition) is 3. The molecule has 1 atom stereocenters. The number of unbranched alkanes of at least 4 members (excludes halogenated alkanes) is 2. The van der Waals surface area contributed by atoms with Gasteiger partial charge in [0.1, 0.15) is 18.5 Å². The first kappa shape index (κ1) is 16.8. The highest BCUT2D eigenvalue weighted by atomic mass is 16.6. The van der Waals surface area contributed by atoms with Crippen molar-refractivity contribution >= 4 is 10.9 Å². The maximum absolute atomic E-state index is 6.02. The lowest BCUT2D eigenvalue weighted by molar-refractivity contribution is 0.0829.